The lowest BCUT2D eigenvalue weighted by Gasteiger charge is -2.30. The van der Waals surface area contributed by atoms with Gasteiger partial charge in [-0.3, -0.25) is 0 Å². The molecule has 0 radical (unpaired) electrons. The van der Waals surface area contributed by atoms with E-state index in [2.05, 4.69) is 20.8 Å². The van der Waals surface area contributed by atoms with Gasteiger partial charge >= 0.3 is 0 Å². The molecular weight excluding hydrogens is 214 g/mol. The second-order valence-corrected chi connectivity index (χ2v) is 4.71. The number of tetrazole rings is 1. The third-order valence-electron chi connectivity index (χ3n) is 2.51. The third-order valence-corrected chi connectivity index (χ3v) is 3.84. The summed E-state index contributed by atoms with van der Waals surface area (Å²) in [5, 5.41) is 15.9. The van der Waals surface area contributed by atoms with Crippen LogP contribution >= 0.6 is 11.8 Å². The van der Waals surface area contributed by atoms with Crippen molar-refractivity contribution in [2.24, 2.45) is 7.05 Å². The fraction of sp³-hybridized carbons (Fsp3) is 0.875. The van der Waals surface area contributed by atoms with Gasteiger partial charge in [-0.2, -0.15) is 0 Å². The average Bonchev–Trinajstić information content (AvgIpc) is 2.65. The highest BCUT2D eigenvalue weighted by atomic mass is 32.2. The monoisotopic (exact) mass is 229 g/mol. The minimum absolute atomic E-state index is 0.383. The van der Waals surface area contributed by atoms with Gasteiger partial charge in [-0.15, -0.1) is 5.10 Å². The van der Waals surface area contributed by atoms with E-state index in [1.165, 1.54) is 0 Å². The zero-order valence-corrected chi connectivity index (χ0v) is 9.70. The molecule has 0 spiro atoms. The van der Waals surface area contributed by atoms with Crippen molar-refractivity contribution in [3.8, 4) is 0 Å². The Morgan fingerprint density at radius 3 is 3.13 bits per heavy atom. The summed E-state index contributed by atoms with van der Waals surface area (Å²) < 4.78 is 7.15. The van der Waals surface area contributed by atoms with Gasteiger partial charge in [0.2, 0.25) is 5.16 Å². The Morgan fingerprint density at radius 1 is 1.60 bits per heavy atom. The highest BCUT2D eigenvalue weighted by Crippen LogP contribution is 2.26. The van der Waals surface area contributed by atoms with Crippen LogP contribution in [0.4, 0.5) is 0 Å². The number of ether oxygens (including phenoxy) is 1. The summed E-state index contributed by atoms with van der Waals surface area (Å²) in [7, 11) is 3.83. The molecule has 1 saturated heterocycles. The lowest BCUT2D eigenvalue weighted by molar-refractivity contribution is 0.0849. The van der Waals surface area contributed by atoms with Crippen LogP contribution in [0.5, 0.6) is 0 Å². The van der Waals surface area contributed by atoms with Gasteiger partial charge < -0.3 is 10.1 Å². The van der Waals surface area contributed by atoms with Gasteiger partial charge in [0, 0.05) is 19.7 Å². The summed E-state index contributed by atoms with van der Waals surface area (Å²) in [5.74, 6) is 0. The maximum atomic E-state index is 5.46. The molecule has 0 bridgehead atoms. The van der Waals surface area contributed by atoms with Crippen molar-refractivity contribution in [3.05, 3.63) is 0 Å². The summed E-state index contributed by atoms with van der Waals surface area (Å²) in [5.41, 5.74) is 0. The molecule has 84 valence electrons. The zero-order valence-electron chi connectivity index (χ0n) is 8.88. The van der Waals surface area contributed by atoms with Crippen molar-refractivity contribution in [2.75, 3.05) is 20.3 Å². The number of nitrogens with zero attached hydrogens (tertiary/aromatic N) is 4. The van der Waals surface area contributed by atoms with Crippen molar-refractivity contribution < 1.29 is 4.74 Å². The van der Waals surface area contributed by atoms with Crippen LogP contribution in [-0.4, -0.2) is 51.8 Å². The van der Waals surface area contributed by atoms with Crippen LogP contribution in [-0.2, 0) is 11.8 Å². The maximum absolute atomic E-state index is 5.46. The molecule has 0 aliphatic carbocycles. The molecule has 2 atom stereocenters. The standard InChI is InChI=1S/C8H15N5OS/c1-9-6-3-4-14-5-7(6)15-8-10-11-12-13(8)2/h6-7,9H,3-5H2,1-2H3. The number of hydrogen-bond donors (Lipinski definition) is 1. The van der Waals surface area contributed by atoms with E-state index >= 15 is 0 Å². The molecule has 1 aliphatic heterocycles. The molecule has 1 N–H and O–H groups in total. The molecule has 1 aromatic rings. The van der Waals surface area contributed by atoms with E-state index in [0.717, 1.165) is 24.8 Å². The number of nitrogens with one attached hydrogen (secondary N) is 1. The molecule has 2 rings (SSSR count). The van der Waals surface area contributed by atoms with E-state index in [4.69, 9.17) is 4.74 Å². The molecule has 0 amide bonds. The molecule has 0 aromatic carbocycles. The first kappa shape index (κ1) is 10.8. The second-order valence-electron chi connectivity index (χ2n) is 3.50. The summed E-state index contributed by atoms with van der Waals surface area (Å²) in [6.45, 7) is 1.59. The van der Waals surface area contributed by atoms with E-state index in [9.17, 15) is 0 Å². The number of aromatic nitrogens is 4. The summed E-state index contributed by atoms with van der Waals surface area (Å²) in [4.78, 5) is 0. The van der Waals surface area contributed by atoms with Crippen LogP contribution in [0.15, 0.2) is 5.16 Å². The average molecular weight is 229 g/mol. The predicted molar refractivity (Wildman–Crippen MR) is 56.7 cm³/mol. The minimum Gasteiger partial charge on any atom is -0.380 e. The molecule has 7 heteroatoms. The summed E-state index contributed by atoms with van der Waals surface area (Å²) in [6, 6.07) is 0.473. The van der Waals surface area contributed by atoms with Gasteiger partial charge in [0.15, 0.2) is 0 Å². The van der Waals surface area contributed by atoms with Gasteiger partial charge in [-0.05, 0) is 23.9 Å². The van der Waals surface area contributed by atoms with Crippen LogP contribution < -0.4 is 5.32 Å². The molecule has 2 heterocycles. The predicted octanol–water partition coefficient (Wildman–Crippen LogP) is -0.321. The van der Waals surface area contributed by atoms with Crippen molar-refractivity contribution in [1.82, 2.24) is 25.5 Å². The first-order valence-corrected chi connectivity index (χ1v) is 5.83. The molecule has 1 aromatic heterocycles. The Labute approximate surface area is 92.8 Å². The number of rotatable bonds is 3. The Balaban J connectivity index is 2.00. The van der Waals surface area contributed by atoms with Crippen molar-refractivity contribution in [1.29, 1.82) is 0 Å². The van der Waals surface area contributed by atoms with Crippen LogP contribution in [0, 0.1) is 0 Å². The van der Waals surface area contributed by atoms with E-state index in [1.807, 2.05) is 14.1 Å². The number of hydrogen-bond acceptors (Lipinski definition) is 6. The van der Waals surface area contributed by atoms with E-state index in [1.54, 1.807) is 16.4 Å². The lowest BCUT2D eigenvalue weighted by Crippen LogP contribution is -2.43. The van der Waals surface area contributed by atoms with Crippen LogP contribution in [0.25, 0.3) is 0 Å². The molecule has 1 aliphatic rings. The summed E-state index contributed by atoms with van der Waals surface area (Å²) >= 11 is 1.67. The minimum atomic E-state index is 0.383. The van der Waals surface area contributed by atoms with Gasteiger partial charge in [0.25, 0.3) is 0 Å². The Bertz CT molecular complexity index is 318. The van der Waals surface area contributed by atoms with Crippen molar-refractivity contribution in [3.63, 3.8) is 0 Å². The van der Waals surface area contributed by atoms with Gasteiger partial charge in [0.1, 0.15) is 0 Å². The Hall–Kier alpha value is -0.660. The van der Waals surface area contributed by atoms with Crippen LogP contribution in [0.3, 0.4) is 0 Å². The molecular formula is C8H15N5OS. The number of aryl methyl sites for hydroxylation is 1. The SMILES string of the molecule is CNC1CCOCC1Sc1nnnn1C. The van der Waals surface area contributed by atoms with Crippen molar-refractivity contribution in [2.45, 2.75) is 22.9 Å². The Kier molecular flexibility index (Phi) is 3.55. The number of thioether (sulfide) groups is 1. The first-order chi connectivity index (χ1) is 7.31. The summed E-state index contributed by atoms with van der Waals surface area (Å²) in [6.07, 6.45) is 1.04. The highest BCUT2D eigenvalue weighted by molar-refractivity contribution is 7.99. The van der Waals surface area contributed by atoms with Crippen LogP contribution in [0.2, 0.25) is 0 Å². The first-order valence-electron chi connectivity index (χ1n) is 4.95. The van der Waals surface area contributed by atoms with E-state index in [0.29, 0.717) is 11.3 Å². The molecule has 2 unspecified atom stereocenters. The maximum Gasteiger partial charge on any atom is 0.209 e. The molecule has 6 nitrogen and oxygen atoms in total. The molecule has 15 heavy (non-hydrogen) atoms. The van der Waals surface area contributed by atoms with Gasteiger partial charge in [-0.1, -0.05) is 11.8 Å². The molecule has 0 saturated carbocycles. The fourth-order valence-corrected chi connectivity index (χ4v) is 2.76. The normalized spacial score (nSPS) is 26.8. The molecule has 1 fully saturated rings. The quantitative estimate of drug-likeness (QED) is 0.766. The van der Waals surface area contributed by atoms with Crippen LogP contribution in [0.1, 0.15) is 6.42 Å². The Morgan fingerprint density at radius 2 is 2.47 bits per heavy atom. The van der Waals surface area contributed by atoms with Gasteiger partial charge in [0.05, 0.1) is 11.9 Å². The van der Waals surface area contributed by atoms with Crippen molar-refractivity contribution >= 4 is 11.8 Å². The lowest BCUT2D eigenvalue weighted by atomic mass is 10.1. The van der Waals surface area contributed by atoms with Gasteiger partial charge in [-0.25, -0.2) is 4.68 Å². The largest absolute Gasteiger partial charge is 0.380 e. The smallest absolute Gasteiger partial charge is 0.209 e. The topological polar surface area (TPSA) is 64.9 Å². The van der Waals surface area contributed by atoms with E-state index < -0.39 is 0 Å². The van der Waals surface area contributed by atoms with E-state index in [-0.39, 0.29) is 0 Å². The third kappa shape index (κ3) is 2.47. The fourth-order valence-electron chi connectivity index (χ4n) is 1.61. The highest BCUT2D eigenvalue weighted by Gasteiger charge is 2.26. The zero-order chi connectivity index (χ0) is 10.7. The second kappa shape index (κ2) is 4.91.